The number of carbonyl (C=O) groups excluding carboxylic acids is 1. The third-order valence-electron chi connectivity index (χ3n) is 2.96. The maximum absolute atomic E-state index is 12.0. The number of methoxy groups -OCH3 is 1. The van der Waals surface area contributed by atoms with Gasteiger partial charge in [0.05, 0.1) is 18.9 Å². The zero-order valence-corrected chi connectivity index (χ0v) is 12.4. The maximum atomic E-state index is 12.0. The van der Waals surface area contributed by atoms with E-state index in [1.165, 1.54) is 18.1 Å². The van der Waals surface area contributed by atoms with Crippen LogP contribution in [-0.4, -0.2) is 39.1 Å². The third kappa shape index (κ3) is 3.13. The molecule has 1 aromatic rings. The molecule has 0 spiro atoms. The molecule has 0 aromatic heterocycles. The Morgan fingerprint density at radius 2 is 2.25 bits per heavy atom. The highest BCUT2D eigenvalue weighted by Gasteiger charge is 2.31. The van der Waals surface area contributed by atoms with Gasteiger partial charge in [0.2, 0.25) is 5.91 Å². The fraction of sp³-hybridized carbons (Fsp3) is 0.308. The molecule has 0 saturated heterocycles. The van der Waals surface area contributed by atoms with Gasteiger partial charge in [-0.15, -0.1) is 11.6 Å². The number of halogens is 1. The van der Waals surface area contributed by atoms with Gasteiger partial charge >= 0.3 is 0 Å². The van der Waals surface area contributed by atoms with Gasteiger partial charge in [0.15, 0.2) is 9.84 Å². The van der Waals surface area contributed by atoms with E-state index in [0.29, 0.717) is 11.4 Å². The van der Waals surface area contributed by atoms with Gasteiger partial charge in [0, 0.05) is 17.2 Å². The van der Waals surface area contributed by atoms with Crippen LogP contribution in [0, 0.1) is 0 Å². The summed E-state index contributed by atoms with van der Waals surface area (Å²) in [6.07, 6.45) is 1.50. The second-order valence-corrected chi connectivity index (χ2v) is 6.52. The number of alkyl halides is 1. The summed E-state index contributed by atoms with van der Waals surface area (Å²) in [6, 6.07) is 6.32. The van der Waals surface area contributed by atoms with Crippen molar-refractivity contribution >= 4 is 33.0 Å². The van der Waals surface area contributed by atoms with Crippen molar-refractivity contribution in [1.82, 2.24) is 0 Å². The van der Waals surface area contributed by atoms with E-state index in [-0.39, 0.29) is 17.5 Å². The minimum atomic E-state index is -3.25. The summed E-state index contributed by atoms with van der Waals surface area (Å²) in [5, 5.41) is 1.13. The number of amides is 1. The predicted octanol–water partition coefficient (Wildman–Crippen LogP) is 1.58. The van der Waals surface area contributed by atoms with Crippen LogP contribution in [0.3, 0.4) is 0 Å². The van der Waals surface area contributed by atoms with Gasteiger partial charge in [-0.3, -0.25) is 4.79 Å². The highest BCUT2D eigenvalue weighted by atomic mass is 35.5. The monoisotopic (exact) mass is 315 g/mol. The summed E-state index contributed by atoms with van der Waals surface area (Å²) >= 11 is 5.62. The number of carbonyl (C=O) groups is 1. The fourth-order valence-corrected chi connectivity index (χ4v) is 3.46. The smallest absolute Gasteiger partial charge is 0.242 e. The standard InChI is InChI=1S/C13H14ClNO4S/c1-19-12-4-2-3-10(7-12)15(13(16)8-14)11-5-6-20(17,18)9-11/h2-7,11H,8-9H2,1H3/t11-/m0/s1. The first-order chi connectivity index (χ1) is 9.46. The Labute approximate surface area is 122 Å². The molecule has 1 heterocycles. The molecule has 1 atom stereocenters. The Morgan fingerprint density at radius 3 is 2.80 bits per heavy atom. The van der Waals surface area contributed by atoms with Crippen LogP contribution in [0.25, 0.3) is 0 Å². The Bertz CT molecular complexity index is 642. The quantitative estimate of drug-likeness (QED) is 0.791. The lowest BCUT2D eigenvalue weighted by molar-refractivity contribution is -0.116. The van der Waals surface area contributed by atoms with Crippen LogP contribution in [-0.2, 0) is 14.6 Å². The Kier molecular flexibility index (Phi) is 4.35. The molecule has 1 aliphatic heterocycles. The molecule has 1 aliphatic rings. The summed E-state index contributed by atoms with van der Waals surface area (Å²) in [5.74, 6) is -0.125. The highest BCUT2D eigenvalue weighted by Crippen LogP contribution is 2.26. The number of anilines is 1. The van der Waals surface area contributed by atoms with Crippen molar-refractivity contribution in [3.05, 3.63) is 35.7 Å². The molecule has 0 bridgehead atoms. The zero-order chi connectivity index (χ0) is 14.8. The number of hydrogen-bond acceptors (Lipinski definition) is 4. The molecule has 0 unspecified atom stereocenters. The van der Waals surface area contributed by atoms with Crippen molar-refractivity contribution in [1.29, 1.82) is 0 Å². The van der Waals surface area contributed by atoms with E-state index >= 15 is 0 Å². The SMILES string of the molecule is COc1cccc(N(C(=O)CCl)[C@H]2C=CS(=O)(=O)C2)c1. The van der Waals surface area contributed by atoms with Gasteiger partial charge < -0.3 is 9.64 Å². The van der Waals surface area contributed by atoms with E-state index in [2.05, 4.69) is 0 Å². The molecule has 108 valence electrons. The number of rotatable bonds is 4. The topological polar surface area (TPSA) is 63.7 Å². The highest BCUT2D eigenvalue weighted by molar-refractivity contribution is 7.94. The van der Waals surface area contributed by atoms with Crippen LogP contribution >= 0.6 is 11.6 Å². The van der Waals surface area contributed by atoms with Crippen molar-refractivity contribution < 1.29 is 17.9 Å². The van der Waals surface area contributed by atoms with Crippen molar-refractivity contribution in [3.63, 3.8) is 0 Å². The molecule has 20 heavy (non-hydrogen) atoms. The molecule has 0 saturated carbocycles. The molecule has 0 radical (unpaired) electrons. The van der Waals surface area contributed by atoms with Crippen LogP contribution in [0.5, 0.6) is 5.75 Å². The van der Waals surface area contributed by atoms with Gasteiger partial charge in [0.25, 0.3) is 0 Å². The summed E-state index contributed by atoms with van der Waals surface area (Å²) in [7, 11) is -1.73. The molecular formula is C13H14ClNO4S. The third-order valence-corrected chi connectivity index (χ3v) is 4.56. The molecule has 0 aliphatic carbocycles. The van der Waals surface area contributed by atoms with E-state index in [0.717, 1.165) is 5.41 Å². The van der Waals surface area contributed by atoms with Crippen molar-refractivity contribution in [2.24, 2.45) is 0 Å². The lowest BCUT2D eigenvalue weighted by Crippen LogP contribution is -2.42. The van der Waals surface area contributed by atoms with E-state index in [1.54, 1.807) is 24.3 Å². The first-order valence-electron chi connectivity index (χ1n) is 5.90. The largest absolute Gasteiger partial charge is 0.497 e. The minimum absolute atomic E-state index is 0.132. The molecule has 1 aromatic carbocycles. The zero-order valence-electron chi connectivity index (χ0n) is 10.8. The summed E-state index contributed by atoms with van der Waals surface area (Å²) in [5.41, 5.74) is 0.557. The van der Waals surface area contributed by atoms with Crippen molar-refractivity contribution in [2.75, 3.05) is 23.6 Å². The average Bonchev–Trinajstić information content (AvgIpc) is 2.79. The van der Waals surface area contributed by atoms with Gasteiger partial charge in [-0.1, -0.05) is 6.07 Å². The minimum Gasteiger partial charge on any atom is -0.497 e. The van der Waals surface area contributed by atoms with Crippen LogP contribution < -0.4 is 9.64 Å². The van der Waals surface area contributed by atoms with E-state index in [9.17, 15) is 13.2 Å². The normalized spacial score (nSPS) is 19.8. The Balaban J connectivity index is 2.38. The van der Waals surface area contributed by atoms with E-state index in [4.69, 9.17) is 16.3 Å². The molecule has 0 fully saturated rings. The van der Waals surface area contributed by atoms with Crippen LogP contribution in [0.4, 0.5) is 5.69 Å². The molecule has 5 nitrogen and oxygen atoms in total. The fourth-order valence-electron chi connectivity index (χ4n) is 2.07. The Morgan fingerprint density at radius 1 is 1.50 bits per heavy atom. The van der Waals surface area contributed by atoms with Gasteiger partial charge in [-0.2, -0.15) is 0 Å². The van der Waals surface area contributed by atoms with E-state index < -0.39 is 15.9 Å². The lowest BCUT2D eigenvalue weighted by atomic mass is 10.2. The van der Waals surface area contributed by atoms with Crippen LogP contribution in [0.15, 0.2) is 35.7 Å². The predicted molar refractivity (Wildman–Crippen MR) is 77.9 cm³/mol. The van der Waals surface area contributed by atoms with Crippen molar-refractivity contribution in [3.8, 4) is 5.75 Å². The number of ether oxygens (including phenoxy) is 1. The first-order valence-corrected chi connectivity index (χ1v) is 8.15. The van der Waals surface area contributed by atoms with Gasteiger partial charge in [0.1, 0.15) is 11.6 Å². The maximum Gasteiger partial charge on any atom is 0.242 e. The summed E-state index contributed by atoms with van der Waals surface area (Å²) in [4.78, 5) is 13.4. The van der Waals surface area contributed by atoms with Crippen LogP contribution in [0.1, 0.15) is 0 Å². The first kappa shape index (κ1) is 14.9. The number of sulfone groups is 1. The molecule has 1 amide bonds. The number of hydrogen-bond donors (Lipinski definition) is 0. The van der Waals surface area contributed by atoms with Crippen LogP contribution in [0.2, 0.25) is 0 Å². The Hall–Kier alpha value is -1.53. The second-order valence-electron chi connectivity index (χ2n) is 4.32. The molecule has 7 heteroatoms. The summed E-state index contributed by atoms with van der Waals surface area (Å²) in [6.45, 7) is 0. The van der Waals surface area contributed by atoms with Crippen molar-refractivity contribution in [2.45, 2.75) is 6.04 Å². The molecule has 0 N–H and O–H groups in total. The average molecular weight is 316 g/mol. The van der Waals surface area contributed by atoms with Gasteiger partial charge in [-0.05, 0) is 18.2 Å². The van der Waals surface area contributed by atoms with Gasteiger partial charge in [-0.25, -0.2) is 8.42 Å². The lowest BCUT2D eigenvalue weighted by Gasteiger charge is -2.27. The molecular weight excluding hydrogens is 302 g/mol. The second kappa shape index (κ2) is 5.85. The molecule has 2 rings (SSSR count). The summed E-state index contributed by atoms with van der Waals surface area (Å²) < 4.78 is 28.2. The van der Waals surface area contributed by atoms with E-state index in [1.807, 2.05) is 0 Å². The number of benzene rings is 1. The number of nitrogens with zero attached hydrogens (tertiary/aromatic N) is 1.